The molecule has 4 unspecified atom stereocenters. The van der Waals surface area contributed by atoms with E-state index in [1.165, 1.54) is 0 Å². The zero-order valence-corrected chi connectivity index (χ0v) is 56.0. The van der Waals surface area contributed by atoms with Crippen molar-refractivity contribution in [1.29, 1.82) is 0 Å². The summed E-state index contributed by atoms with van der Waals surface area (Å²) in [5.74, 6) is 0.144. The molecule has 0 bridgehead atoms. The zero-order valence-electron chi connectivity index (χ0n) is 56.0. The van der Waals surface area contributed by atoms with Gasteiger partial charge in [0.1, 0.15) is 11.2 Å². The van der Waals surface area contributed by atoms with Crippen molar-refractivity contribution in [3.05, 3.63) is 170 Å². The molecular weight excluding hydrogens is 1220 g/mol. The number of hydrogen-bond acceptors (Lipinski definition) is 16. The van der Waals surface area contributed by atoms with E-state index in [1.54, 1.807) is 98.6 Å². The fourth-order valence-corrected chi connectivity index (χ4v) is 13.4. The van der Waals surface area contributed by atoms with Crippen molar-refractivity contribution in [3.63, 3.8) is 0 Å². The van der Waals surface area contributed by atoms with Crippen molar-refractivity contribution < 1.29 is 48.7 Å². The molecule has 22 heteroatoms. The Hall–Kier alpha value is -8.38. The minimum absolute atomic E-state index is 0.0202. The number of nitrogens with two attached hydrogens (primary N) is 2. The van der Waals surface area contributed by atoms with Gasteiger partial charge in [0.2, 0.25) is 23.6 Å². The first-order chi connectivity index (χ1) is 46.5. The summed E-state index contributed by atoms with van der Waals surface area (Å²) >= 11 is 0. The number of hydrogen-bond donors (Lipinski definition) is 10. The number of carbonyl (C=O) groups excluding carboxylic acids is 6. The van der Waals surface area contributed by atoms with Crippen LogP contribution in [0.3, 0.4) is 0 Å². The van der Waals surface area contributed by atoms with Crippen LogP contribution in [-0.2, 0) is 51.5 Å². The maximum atomic E-state index is 12.5. The molecule has 2 aromatic carbocycles. The maximum absolute atomic E-state index is 12.5. The lowest BCUT2D eigenvalue weighted by molar-refractivity contribution is -0.167. The number of aromatic nitrogens is 4. The predicted octanol–water partition coefficient (Wildman–Crippen LogP) is 11.7. The number of ether oxygens (including phenoxy) is 2. The summed E-state index contributed by atoms with van der Waals surface area (Å²) < 4.78 is 12.0. The van der Waals surface area contributed by atoms with Gasteiger partial charge in [-0.15, -0.1) is 0 Å². The Bertz CT molecular complexity index is 3050. The van der Waals surface area contributed by atoms with Gasteiger partial charge in [-0.1, -0.05) is 74.5 Å². The summed E-state index contributed by atoms with van der Waals surface area (Å²) in [5, 5.41) is 30.3. The number of nitrogens with one attached hydrogen (secondary N) is 6. The summed E-state index contributed by atoms with van der Waals surface area (Å²) in [6.45, 7) is 8.23. The van der Waals surface area contributed by atoms with Crippen LogP contribution in [0.2, 0.25) is 0 Å². The Morgan fingerprint density at radius 1 is 0.406 bits per heavy atom. The van der Waals surface area contributed by atoms with Gasteiger partial charge in [-0.25, -0.2) is 11.0 Å². The second kappa shape index (κ2) is 39.0. The molecule has 4 aromatic heterocycles. The van der Waals surface area contributed by atoms with Gasteiger partial charge in [-0.2, -0.15) is 0 Å². The molecule has 4 aliphatic rings. The summed E-state index contributed by atoms with van der Waals surface area (Å²) in [6, 6.07) is 34.1. The van der Waals surface area contributed by atoms with Gasteiger partial charge < -0.3 is 42.2 Å². The van der Waals surface area contributed by atoms with Crippen LogP contribution < -0.4 is 43.7 Å². The quantitative estimate of drug-likeness (QED) is 0.0223. The number of nitrogens with zero attached hydrogens (tertiary/aromatic N) is 4. The van der Waals surface area contributed by atoms with E-state index in [-0.39, 0.29) is 72.3 Å². The van der Waals surface area contributed by atoms with Crippen molar-refractivity contribution in [3.8, 4) is 0 Å². The van der Waals surface area contributed by atoms with Crippen LogP contribution in [-0.4, -0.2) is 89.1 Å². The van der Waals surface area contributed by atoms with E-state index in [9.17, 15) is 39.2 Å². The third-order valence-corrected chi connectivity index (χ3v) is 19.9. The minimum Gasteiger partial charge on any atom is -0.360 e. The highest BCUT2D eigenvalue weighted by atomic mass is 16.5. The van der Waals surface area contributed by atoms with Crippen LogP contribution in [0.4, 0.5) is 22.7 Å². The Morgan fingerprint density at radius 2 is 0.646 bits per heavy atom. The van der Waals surface area contributed by atoms with Gasteiger partial charge in [-0.05, 0) is 213 Å². The molecule has 4 heterocycles. The lowest BCUT2D eigenvalue weighted by Crippen LogP contribution is -2.52. The highest BCUT2D eigenvalue weighted by Crippen LogP contribution is 2.41. The molecule has 12 N–H and O–H groups in total. The van der Waals surface area contributed by atoms with E-state index in [0.29, 0.717) is 75.3 Å². The van der Waals surface area contributed by atoms with Crippen molar-refractivity contribution in [2.75, 3.05) is 21.3 Å². The fourth-order valence-electron chi connectivity index (χ4n) is 13.4. The Morgan fingerprint density at radius 3 is 0.875 bits per heavy atom. The van der Waals surface area contributed by atoms with Crippen LogP contribution in [0.15, 0.2) is 159 Å². The summed E-state index contributed by atoms with van der Waals surface area (Å²) in [6.07, 6.45) is 28.7. The van der Waals surface area contributed by atoms with E-state index in [4.69, 9.17) is 20.9 Å². The molecule has 0 radical (unpaired) electrons. The summed E-state index contributed by atoms with van der Waals surface area (Å²) in [4.78, 5) is 90.0. The number of rotatable bonds is 22. The molecular formula is C74H100N12O10. The van der Waals surface area contributed by atoms with Gasteiger partial charge in [-0.3, -0.25) is 59.1 Å². The zero-order chi connectivity index (χ0) is 68.7. The third kappa shape index (κ3) is 22.9. The van der Waals surface area contributed by atoms with E-state index < -0.39 is 23.0 Å². The SMILES string of the molecule is CC(OCc1ccccc1)(C(=O)NO)C1CCC(C(=O)Nc2ccncc2)CC1.CC(OCc1ccccc1)(C(=O)NO)C1CCC(C(=O)Nc2ccncc2)CC1.CCC(N)C1CCC(C(=O)Nc2ccncc2)CC1.CCC(N)[C@H]1CC[C@H](C(=O)Nc2ccncc2)CC1. The number of pyridine rings is 4. The third-order valence-electron chi connectivity index (χ3n) is 19.9. The second-order valence-corrected chi connectivity index (χ2v) is 26.0. The van der Waals surface area contributed by atoms with Gasteiger partial charge >= 0.3 is 0 Å². The van der Waals surface area contributed by atoms with E-state index >= 15 is 0 Å². The number of carbonyl (C=O) groups is 6. The molecule has 0 spiro atoms. The first-order valence-electron chi connectivity index (χ1n) is 34.1. The van der Waals surface area contributed by atoms with Gasteiger partial charge in [0, 0.05) is 108 Å². The Balaban J connectivity index is 0.000000184. The average molecular weight is 1320 g/mol. The molecule has 4 saturated carbocycles. The van der Waals surface area contributed by atoms with Crippen LogP contribution in [0.5, 0.6) is 0 Å². The smallest absolute Gasteiger partial charge is 0.275 e. The lowest BCUT2D eigenvalue weighted by Gasteiger charge is -2.39. The molecule has 0 saturated heterocycles. The van der Waals surface area contributed by atoms with Crippen LogP contribution >= 0.6 is 0 Å². The molecule has 6 aromatic rings. The number of anilines is 4. The highest BCUT2D eigenvalue weighted by Gasteiger charge is 2.46. The van der Waals surface area contributed by atoms with E-state index in [0.717, 1.165) is 98.1 Å². The fraction of sp³-hybridized carbons (Fsp3) is 0.486. The predicted molar refractivity (Wildman–Crippen MR) is 369 cm³/mol. The second-order valence-electron chi connectivity index (χ2n) is 26.0. The largest absolute Gasteiger partial charge is 0.360 e. The number of benzene rings is 2. The van der Waals surface area contributed by atoms with Crippen molar-refractivity contribution in [2.45, 2.75) is 180 Å². The van der Waals surface area contributed by atoms with E-state index in [1.807, 2.05) is 84.9 Å². The van der Waals surface area contributed by atoms with Crippen LogP contribution in [0.25, 0.3) is 0 Å². The average Bonchev–Trinajstić information content (AvgIpc) is 1.77. The first-order valence-corrected chi connectivity index (χ1v) is 34.1. The molecule has 96 heavy (non-hydrogen) atoms. The van der Waals surface area contributed by atoms with Crippen LogP contribution in [0, 0.1) is 47.3 Å². The molecule has 0 aliphatic heterocycles. The van der Waals surface area contributed by atoms with Gasteiger partial charge in [0.25, 0.3) is 11.8 Å². The number of hydroxylamine groups is 2. The van der Waals surface area contributed by atoms with Crippen molar-refractivity contribution >= 4 is 58.2 Å². The highest BCUT2D eigenvalue weighted by molar-refractivity contribution is 5.94. The maximum Gasteiger partial charge on any atom is 0.275 e. The Labute approximate surface area is 565 Å². The molecule has 516 valence electrons. The molecule has 22 nitrogen and oxygen atoms in total. The van der Waals surface area contributed by atoms with E-state index in [2.05, 4.69) is 55.1 Å². The van der Waals surface area contributed by atoms with Gasteiger partial charge in [0.05, 0.1) is 13.2 Å². The molecule has 4 aliphatic carbocycles. The normalized spacial score (nSPS) is 22.5. The monoisotopic (exact) mass is 1320 g/mol. The molecule has 10 rings (SSSR count). The molecule has 6 amide bonds. The topological polar surface area (TPSA) is 337 Å². The van der Waals surface area contributed by atoms with Gasteiger partial charge in [0.15, 0.2) is 0 Å². The number of amides is 6. The summed E-state index contributed by atoms with van der Waals surface area (Å²) in [5.41, 5.74) is 18.4. The lowest BCUT2D eigenvalue weighted by atomic mass is 9.73. The van der Waals surface area contributed by atoms with Crippen molar-refractivity contribution in [1.82, 2.24) is 30.9 Å². The molecule has 4 fully saturated rings. The van der Waals surface area contributed by atoms with Crippen molar-refractivity contribution in [2.24, 2.45) is 58.8 Å². The first kappa shape index (κ1) is 75.0. The minimum atomic E-state index is -1.17. The Kier molecular flexibility index (Phi) is 30.5. The van der Waals surface area contributed by atoms with Crippen LogP contribution in [0.1, 0.15) is 154 Å². The standard InChI is InChI=1S/2C22H27N3O4.2C15H23N3O/c2*1-22(21(27)25-28,29-15-16-5-3-2-4-6-16)18-9-7-17(8-10-18)20(26)24-19-11-13-23-14-12-19;2*1-2-14(16)11-3-5-12(6-4-11)15(19)18-13-7-9-17-10-8-13/h2*2-6,11-14,17-18,28H,7-10,15H2,1H3,(H,25,27)(H,23,24,26);2*7-12,14H,2-6,16H2,1H3,(H,17,18,19)/t;;11-,12-,14?;. The molecule has 4 atom stereocenters. The summed E-state index contributed by atoms with van der Waals surface area (Å²) in [7, 11) is 0.